The number of hydrogen-bond acceptors (Lipinski definition) is 5. The van der Waals surface area contributed by atoms with Gasteiger partial charge in [0.05, 0.1) is 26.4 Å². The van der Waals surface area contributed by atoms with Crippen molar-refractivity contribution in [3.63, 3.8) is 0 Å². The first-order valence-corrected chi connectivity index (χ1v) is 11.4. The summed E-state index contributed by atoms with van der Waals surface area (Å²) in [4.78, 5) is 2.45. The molecule has 1 atom stereocenters. The van der Waals surface area contributed by atoms with Gasteiger partial charge in [-0.15, -0.1) is 0 Å². The number of nitrogens with zero attached hydrogens (tertiary/aromatic N) is 4. The fourth-order valence-corrected chi connectivity index (χ4v) is 4.32. The van der Waals surface area contributed by atoms with Gasteiger partial charge in [0, 0.05) is 25.3 Å². The van der Waals surface area contributed by atoms with Crippen molar-refractivity contribution in [1.82, 2.24) is 19.2 Å². The highest BCUT2D eigenvalue weighted by atomic mass is 32.1. The Balaban J connectivity index is 1.94. The van der Waals surface area contributed by atoms with E-state index in [1.165, 1.54) is 0 Å². The lowest BCUT2D eigenvalue weighted by Gasteiger charge is -2.25. The van der Waals surface area contributed by atoms with Gasteiger partial charge < -0.3 is 9.47 Å². The second kappa shape index (κ2) is 10.6. The summed E-state index contributed by atoms with van der Waals surface area (Å²) in [5, 5.41) is 4.97. The highest BCUT2D eigenvalue weighted by Gasteiger charge is 2.22. The van der Waals surface area contributed by atoms with Crippen molar-refractivity contribution in [2.24, 2.45) is 11.8 Å². The molecule has 0 amide bonds. The molecule has 0 aliphatic carbocycles. The zero-order valence-corrected chi connectivity index (χ0v) is 19.8. The van der Waals surface area contributed by atoms with Crippen LogP contribution in [0, 0.1) is 16.6 Å². The maximum absolute atomic E-state index is 5.90. The number of aromatic nitrogens is 3. The first-order chi connectivity index (χ1) is 14.4. The molecule has 0 bridgehead atoms. The average molecular weight is 433 g/mol. The molecular formula is C23H36N4O2S. The third-order valence-corrected chi connectivity index (χ3v) is 5.69. The molecule has 0 saturated carbocycles. The Morgan fingerprint density at radius 2 is 1.83 bits per heavy atom. The molecule has 7 heteroatoms. The smallest absolute Gasteiger partial charge is 0.199 e. The van der Waals surface area contributed by atoms with Gasteiger partial charge in [-0.3, -0.25) is 9.47 Å². The summed E-state index contributed by atoms with van der Waals surface area (Å²) in [6.45, 7) is 13.4. The second-order valence-corrected chi connectivity index (χ2v) is 9.41. The van der Waals surface area contributed by atoms with Crippen LogP contribution in [0.15, 0.2) is 24.3 Å². The molecule has 1 aromatic carbocycles. The van der Waals surface area contributed by atoms with E-state index in [-0.39, 0.29) is 6.10 Å². The highest BCUT2D eigenvalue weighted by molar-refractivity contribution is 7.71. The molecule has 2 heterocycles. The van der Waals surface area contributed by atoms with Crippen LogP contribution >= 0.6 is 12.2 Å². The lowest BCUT2D eigenvalue weighted by molar-refractivity contribution is 0.0965. The van der Waals surface area contributed by atoms with Crippen molar-refractivity contribution in [3.8, 4) is 17.1 Å². The summed E-state index contributed by atoms with van der Waals surface area (Å²) in [6, 6.07) is 8.04. The molecule has 30 heavy (non-hydrogen) atoms. The topological polar surface area (TPSA) is 44.5 Å². The van der Waals surface area contributed by atoms with Crippen LogP contribution in [0.5, 0.6) is 5.75 Å². The van der Waals surface area contributed by atoms with Gasteiger partial charge in [-0.2, -0.15) is 5.10 Å². The largest absolute Gasteiger partial charge is 0.497 e. The summed E-state index contributed by atoms with van der Waals surface area (Å²) >= 11 is 5.90. The van der Waals surface area contributed by atoms with E-state index < -0.39 is 0 Å². The molecule has 0 radical (unpaired) electrons. The van der Waals surface area contributed by atoms with E-state index >= 15 is 0 Å². The van der Waals surface area contributed by atoms with Crippen LogP contribution in [-0.4, -0.2) is 52.2 Å². The number of rotatable bonds is 10. The summed E-state index contributed by atoms with van der Waals surface area (Å²) in [5.74, 6) is 2.91. The van der Waals surface area contributed by atoms with E-state index in [2.05, 4.69) is 37.2 Å². The lowest BCUT2D eigenvalue weighted by Crippen LogP contribution is -2.33. The number of ether oxygens (including phenoxy) is 2. The van der Waals surface area contributed by atoms with Crippen LogP contribution in [0.1, 0.15) is 40.5 Å². The molecule has 1 fully saturated rings. The number of methoxy groups -OCH3 is 1. The van der Waals surface area contributed by atoms with Crippen LogP contribution in [-0.2, 0) is 18.0 Å². The monoisotopic (exact) mass is 432 g/mol. The minimum absolute atomic E-state index is 0.203. The molecule has 1 saturated heterocycles. The van der Waals surface area contributed by atoms with Crippen molar-refractivity contribution < 1.29 is 9.47 Å². The maximum atomic E-state index is 5.90. The molecule has 1 aromatic heterocycles. The molecule has 0 N–H and O–H groups in total. The fourth-order valence-electron chi connectivity index (χ4n) is 4.06. The summed E-state index contributed by atoms with van der Waals surface area (Å²) in [6.07, 6.45) is 2.39. The molecule has 1 aliphatic heterocycles. The van der Waals surface area contributed by atoms with Gasteiger partial charge in [0.1, 0.15) is 5.75 Å². The quantitative estimate of drug-likeness (QED) is 0.503. The molecule has 3 rings (SSSR count). The Morgan fingerprint density at radius 1 is 1.17 bits per heavy atom. The van der Waals surface area contributed by atoms with Gasteiger partial charge in [0.15, 0.2) is 10.6 Å². The molecule has 6 nitrogen and oxygen atoms in total. The van der Waals surface area contributed by atoms with E-state index in [4.69, 9.17) is 26.8 Å². The van der Waals surface area contributed by atoms with Crippen molar-refractivity contribution in [2.75, 3.05) is 26.8 Å². The van der Waals surface area contributed by atoms with Crippen molar-refractivity contribution in [1.29, 1.82) is 0 Å². The van der Waals surface area contributed by atoms with E-state index in [1.807, 2.05) is 28.9 Å². The van der Waals surface area contributed by atoms with Crippen LogP contribution in [0.4, 0.5) is 0 Å². The van der Waals surface area contributed by atoms with Crippen molar-refractivity contribution in [3.05, 3.63) is 29.0 Å². The predicted molar refractivity (Wildman–Crippen MR) is 123 cm³/mol. The Kier molecular flexibility index (Phi) is 8.08. The van der Waals surface area contributed by atoms with Crippen molar-refractivity contribution in [2.45, 2.75) is 59.9 Å². The van der Waals surface area contributed by atoms with Gasteiger partial charge in [-0.1, -0.05) is 27.7 Å². The van der Waals surface area contributed by atoms with Gasteiger partial charge >= 0.3 is 0 Å². The molecular weight excluding hydrogens is 396 g/mol. The number of hydrogen-bond donors (Lipinski definition) is 0. The normalized spacial score (nSPS) is 16.9. The van der Waals surface area contributed by atoms with E-state index in [0.29, 0.717) is 18.5 Å². The summed E-state index contributed by atoms with van der Waals surface area (Å²) in [5.41, 5.74) is 1.04. The molecule has 1 aliphatic rings. The highest BCUT2D eigenvalue weighted by Crippen LogP contribution is 2.24. The molecule has 166 valence electrons. The third kappa shape index (κ3) is 5.93. The van der Waals surface area contributed by atoms with Gasteiger partial charge in [-0.05, 0) is 61.2 Å². The summed E-state index contributed by atoms with van der Waals surface area (Å²) in [7, 11) is 1.68. The van der Waals surface area contributed by atoms with Crippen molar-refractivity contribution >= 4 is 12.2 Å². The average Bonchev–Trinajstić information content (AvgIpc) is 3.31. The lowest BCUT2D eigenvalue weighted by atomic mass is 10.1. The first-order valence-electron chi connectivity index (χ1n) is 11.0. The number of benzene rings is 1. The summed E-state index contributed by atoms with van der Waals surface area (Å²) < 4.78 is 16.1. The van der Waals surface area contributed by atoms with E-state index in [0.717, 1.165) is 61.0 Å². The van der Waals surface area contributed by atoms with Crippen LogP contribution in [0.2, 0.25) is 0 Å². The Bertz CT molecular complexity index is 841. The predicted octanol–water partition coefficient (Wildman–Crippen LogP) is 4.84. The Labute approximate surface area is 185 Å². The first kappa shape index (κ1) is 23.0. The van der Waals surface area contributed by atoms with Crippen LogP contribution < -0.4 is 4.74 Å². The standard InChI is InChI=1S/C23H36N4O2S/c1-17(2)13-25(14-18(3)4)16-27-23(30)26(15-21-7-6-12-29-21)22(24-27)19-8-10-20(28-5)11-9-19/h8-11,17-18,21H,6-7,12-16H2,1-5H3. The fraction of sp³-hybridized carbons (Fsp3) is 0.652. The van der Waals surface area contributed by atoms with Gasteiger partial charge in [0.2, 0.25) is 0 Å². The molecule has 1 unspecified atom stereocenters. The van der Waals surface area contributed by atoms with Crippen LogP contribution in [0.3, 0.4) is 0 Å². The zero-order chi connectivity index (χ0) is 21.7. The minimum Gasteiger partial charge on any atom is -0.497 e. The minimum atomic E-state index is 0.203. The second-order valence-electron chi connectivity index (χ2n) is 9.04. The van der Waals surface area contributed by atoms with E-state index in [9.17, 15) is 0 Å². The van der Waals surface area contributed by atoms with E-state index in [1.54, 1.807) is 7.11 Å². The van der Waals surface area contributed by atoms with Gasteiger partial charge in [0.25, 0.3) is 0 Å². The molecule has 0 spiro atoms. The van der Waals surface area contributed by atoms with Crippen LogP contribution in [0.25, 0.3) is 11.4 Å². The molecule has 2 aromatic rings. The maximum Gasteiger partial charge on any atom is 0.199 e. The third-order valence-electron chi connectivity index (χ3n) is 5.26. The van der Waals surface area contributed by atoms with Gasteiger partial charge in [-0.25, -0.2) is 4.68 Å². The Hall–Kier alpha value is -1.70. The SMILES string of the molecule is COc1ccc(-c2nn(CN(CC(C)C)CC(C)C)c(=S)n2CC2CCCO2)cc1. The Morgan fingerprint density at radius 3 is 2.37 bits per heavy atom. The zero-order valence-electron chi connectivity index (χ0n) is 19.0.